The largest absolute Gasteiger partial charge is 0.261 e. The van der Waals surface area contributed by atoms with E-state index in [1.54, 1.807) is 0 Å². The number of aryl methyl sites for hydroxylation is 1. The molecule has 0 amide bonds. The minimum atomic E-state index is -1.28. The first-order valence-corrected chi connectivity index (χ1v) is 10.1. The monoisotopic (exact) mass is 249 g/mol. The Morgan fingerprint density at radius 2 is 1.76 bits per heavy atom. The number of hydrogen-bond donors (Lipinski definition) is 0. The molecule has 0 unspecified atom stereocenters. The molecule has 0 aliphatic rings. The first kappa shape index (κ1) is 14.4. The van der Waals surface area contributed by atoms with Gasteiger partial charge in [0.25, 0.3) is 0 Å². The average molecular weight is 249 g/mol. The summed E-state index contributed by atoms with van der Waals surface area (Å²) in [6, 6.07) is 2.33. The second kappa shape index (κ2) is 4.93. The van der Waals surface area contributed by atoms with Crippen LogP contribution in [-0.4, -0.2) is 13.1 Å². The molecule has 0 saturated carbocycles. The molecular formula is C15H27NSi. The van der Waals surface area contributed by atoms with E-state index in [4.69, 9.17) is 0 Å². The standard InChI is InChI=1S/C15H27NSi/c1-8-13-9-12(10-15(2,3)4)14(11-16-13)17(5,6)7/h9,11H,8,10H2,1-7H3. The molecule has 0 spiro atoms. The lowest BCUT2D eigenvalue weighted by Crippen LogP contribution is -2.41. The first-order chi connectivity index (χ1) is 7.63. The molecule has 0 fully saturated rings. The predicted octanol–water partition coefficient (Wildman–Crippen LogP) is 3.78. The summed E-state index contributed by atoms with van der Waals surface area (Å²) in [5.74, 6) is 0. The van der Waals surface area contributed by atoms with E-state index in [0.717, 1.165) is 12.8 Å². The van der Waals surface area contributed by atoms with E-state index >= 15 is 0 Å². The van der Waals surface area contributed by atoms with Crippen LogP contribution in [0.5, 0.6) is 0 Å². The van der Waals surface area contributed by atoms with Crippen molar-refractivity contribution >= 4 is 13.3 Å². The highest BCUT2D eigenvalue weighted by molar-refractivity contribution is 6.89. The summed E-state index contributed by atoms with van der Waals surface area (Å²) >= 11 is 0. The molecular weight excluding hydrogens is 222 g/mol. The van der Waals surface area contributed by atoms with Crippen LogP contribution in [0.4, 0.5) is 0 Å². The molecule has 0 bridgehead atoms. The van der Waals surface area contributed by atoms with Crippen LogP contribution >= 0.6 is 0 Å². The zero-order chi connectivity index (χ0) is 13.3. The molecule has 1 rings (SSSR count). The molecule has 0 atom stereocenters. The smallest absolute Gasteiger partial charge is 0.0799 e. The van der Waals surface area contributed by atoms with Crippen LogP contribution in [0.2, 0.25) is 19.6 Å². The second-order valence-corrected chi connectivity index (χ2v) is 12.2. The van der Waals surface area contributed by atoms with Gasteiger partial charge in [-0.15, -0.1) is 0 Å². The number of aromatic nitrogens is 1. The summed E-state index contributed by atoms with van der Waals surface area (Å²) in [7, 11) is -1.28. The van der Waals surface area contributed by atoms with Gasteiger partial charge in [-0.2, -0.15) is 0 Å². The Balaban J connectivity index is 3.22. The maximum atomic E-state index is 4.59. The highest BCUT2D eigenvalue weighted by atomic mass is 28.3. The number of nitrogens with zero attached hydrogens (tertiary/aromatic N) is 1. The van der Waals surface area contributed by atoms with Gasteiger partial charge in [0, 0.05) is 11.9 Å². The van der Waals surface area contributed by atoms with Crippen molar-refractivity contribution in [3.05, 3.63) is 23.5 Å². The van der Waals surface area contributed by atoms with E-state index < -0.39 is 8.07 Å². The van der Waals surface area contributed by atoms with E-state index in [9.17, 15) is 0 Å². The van der Waals surface area contributed by atoms with Crippen molar-refractivity contribution in [2.24, 2.45) is 5.41 Å². The van der Waals surface area contributed by atoms with Gasteiger partial charge < -0.3 is 0 Å². The lowest BCUT2D eigenvalue weighted by Gasteiger charge is -2.26. The number of rotatable bonds is 3. The van der Waals surface area contributed by atoms with Crippen LogP contribution in [0, 0.1) is 5.41 Å². The topological polar surface area (TPSA) is 12.9 Å². The SMILES string of the molecule is CCc1cc(CC(C)(C)C)c([Si](C)(C)C)cn1. The Kier molecular flexibility index (Phi) is 4.18. The van der Waals surface area contributed by atoms with Crippen molar-refractivity contribution in [3.8, 4) is 0 Å². The maximum Gasteiger partial charge on any atom is 0.0799 e. The Labute approximate surface area is 108 Å². The van der Waals surface area contributed by atoms with Crippen molar-refractivity contribution in [1.29, 1.82) is 0 Å². The van der Waals surface area contributed by atoms with Gasteiger partial charge in [0.2, 0.25) is 0 Å². The third kappa shape index (κ3) is 4.27. The van der Waals surface area contributed by atoms with Crippen LogP contribution in [-0.2, 0) is 12.8 Å². The van der Waals surface area contributed by atoms with E-state index in [2.05, 4.69) is 64.6 Å². The summed E-state index contributed by atoms with van der Waals surface area (Å²) in [4.78, 5) is 4.59. The molecule has 96 valence electrons. The normalized spacial score (nSPS) is 12.9. The lowest BCUT2D eigenvalue weighted by atomic mass is 9.88. The Bertz CT molecular complexity index is 383. The van der Waals surface area contributed by atoms with E-state index in [1.165, 1.54) is 16.4 Å². The van der Waals surface area contributed by atoms with Crippen LogP contribution in [0.3, 0.4) is 0 Å². The van der Waals surface area contributed by atoms with Gasteiger partial charge >= 0.3 is 0 Å². The highest BCUT2D eigenvalue weighted by Gasteiger charge is 2.23. The summed E-state index contributed by atoms with van der Waals surface area (Å²) in [5.41, 5.74) is 3.11. The second-order valence-electron chi connectivity index (χ2n) is 7.17. The third-order valence-electron chi connectivity index (χ3n) is 2.94. The minimum Gasteiger partial charge on any atom is -0.261 e. The average Bonchev–Trinajstić information content (AvgIpc) is 2.13. The molecule has 0 aliphatic carbocycles. The van der Waals surface area contributed by atoms with Crippen molar-refractivity contribution < 1.29 is 0 Å². The van der Waals surface area contributed by atoms with Gasteiger partial charge in [-0.25, -0.2) is 0 Å². The molecule has 1 nitrogen and oxygen atoms in total. The fourth-order valence-electron chi connectivity index (χ4n) is 2.13. The Hall–Kier alpha value is -0.633. The van der Waals surface area contributed by atoms with Crippen molar-refractivity contribution in [2.75, 3.05) is 0 Å². The quantitative estimate of drug-likeness (QED) is 0.743. The molecule has 2 heteroatoms. The first-order valence-electron chi connectivity index (χ1n) is 6.62. The summed E-state index contributed by atoms with van der Waals surface area (Å²) in [5, 5.41) is 1.53. The number of pyridine rings is 1. The fourth-order valence-corrected chi connectivity index (χ4v) is 3.71. The zero-order valence-corrected chi connectivity index (χ0v) is 13.5. The molecule has 1 aromatic heterocycles. The minimum absolute atomic E-state index is 0.348. The van der Waals surface area contributed by atoms with Gasteiger partial charge in [-0.1, -0.05) is 47.3 Å². The summed E-state index contributed by atoms with van der Waals surface area (Å²) in [6.45, 7) is 16.3. The van der Waals surface area contributed by atoms with Crippen LogP contribution in [0.25, 0.3) is 0 Å². The molecule has 0 saturated heterocycles. The maximum absolute atomic E-state index is 4.59. The molecule has 0 aromatic carbocycles. The third-order valence-corrected chi connectivity index (χ3v) is 5.00. The summed E-state index contributed by atoms with van der Waals surface area (Å²) < 4.78 is 0. The van der Waals surface area contributed by atoms with E-state index in [0.29, 0.717) is 5.41 Å². The molecule has 17 heavy (non-hydrogen) atoms. The van der Waals surface area contributed by atoms with E-state index in [-0.39, 0.29) is 0 Å². The number of hydrogen-bond acceptors (Lipinski definition) is 1. The van der Waals surface area contributed by atoms with Gasteiger partial charge in [0.05, 0.1) is 8.07 Å². The molecule has 0 N–H and O–H groups in total. The Morgan fingerprint density at radius 3 is 2.18 bits per heavy atom. The lowest BCUT2D eigenvalue weighted by molar-refractivity contribution is 0.412. The van der Waals surface area contributed by atoms with Crippen molar-refractivity contribution in [1.82, 2.24) is 4.98 Å². The van der Waals surface area contributed by atoms with Gasteiger partial charge in [0.1, 0.15) is 0 Å². The van der Waals surface area contributed by atoms with Gasteiger partial charge in [0.15, 0.2) is 0 Å². The highest BCUT2D eigenvalue weighted by Crippen LogP contribution is 2.21. The molecule has 0 aliphatic heterocycles. The van der Waals surface area contributed by atoms with Crippen molar-refractivity contribution in [2.45, 2.75) is 60.2 Å². The zero-order valence-electron chi connectivity index (χ0n) is 12.5. The van der Waals surface area contributed by atoms with E-state index in [1.807, 2.05) is 0 Å². The fraction of sp³-hybridized carbons (Fsp3) is 0.667. The Morgan fingerprint density at radius 1 is 1.18 bits per heavy atom. The van der Waals surface area contributed by atoms with Crippen LogP contribution in [0.15, 0.2) is 12.3 Å². The molecule has 1 heterocycles. The van der Waals surface area contributed by atoms with Gasteiger partial charge in [-0.3, -0.25) is 4.98 Å². The molecule has 1 aromatic rings. The van der Waals surface area contributed by atoms with Crippen molar-refractivity contribution in [3.63, 3.8) is 0 Å². The van der Waals surface area contributed by atoms with Crippen LogP contribution in [0.1, 0.15) is 39.0 Å². The van der Waals surface area contributed by atoms with Gasteiger partial charge in [-0.05, 0) is 35.1 Å². The summed E-state index contributed by atoms with van der Waals surface area (Å²) in [6.07, 6.45) is 4.33. The predicted molar refractivity (Wildman–Crippen MR) is 79.8 cm³/mol. The van der Waals surface area contributed by atoms with Crippen LogP contribution < -0.4 is 5.19 Å². The molecule has 0 radical (unpaired) electrons.